The fraction of sp³-hybridized carbons (Fsp3) is 0.217. The summed E-state index contributed by atoms with van der Waals surface area (Å²) in [6, 6.07) is 14.6. The zero-order valence-electron chi connectivity index (χ0n) is 17.1. The van der Waals surface area contributed by atoms with Crippen LogP contribution in [-0.4, -0.2) is 45.5 Å². The number of benzene rings is 2. The van der Waals surface area contributed by atoms with Crippen LogP contribution in [0.5, 0.6) is 11.6 Å². The van der Waals surface area contributed by atoms with Crippen molar-refractivity contribution in [3.63, 3.8) is 0 Å². The summed E-state index contributed by atoms with van der Waals surface area (Å²) in [7, 11) is 0. The van der Waals surface area contributed by atoms with Gasteiger partial charge in [0.1, 0.15) is 5.75 Å². The van der Waals surface area contributed by atoms with Crippen molar-refractivity contribution in [2.75, 3.05) is 24.6 Å². The van der Waals surface area contributed by atoms with E-state index in [2.05, 4.69) is 21.9 Å². The van der Waals surface area contributed by atoms with Gasteiger partial charge in [-0.3, -0.25) is 4.79 Å². The average Bonchev–Trinajstić information content (AvgIpc) is 3.24. The van der Waals surface area contributed by atoms with Crippen LogP contribution in [0.25, 0.3) is 10.2 Å². The summed E-state index contributed by atoms with van der Waals surface area (Å²) in [6.07, 6.45) is 4.06. The second-order valence-corrected chi connectivity index (χ2v) is 7.87. The predicted octanol–water partition coefficient (Wildman–Crippen LogP) is 4.32. The number of aromatic nitrogens is 3. The first-order valence-electron chi connectivity index (χ1n) is 10.0. The molecule has 0 amide bonds. The highest BCUT2D eigenvalue weighted by Crippen LogP contribution is 2.29. The van der Waals surface area contributed by atoms with E-state index in [1.165, 1.54) is 11.3 Å². The number of carbonyl (C=O) groups excluding carboxylic acids is 1. The SMILES string of the molecule is CCCN(CCO)c1nccnc1Oc1ccc(C(=O)c2nc3ccccc3s2)cc1. The number of hydrogen-bond donors (Lipinski definition) is 1. The van der Waals surface area contributed by atoms with E-state index in [0.717, 1.165) is 23.2 Å². The van der Waals surface area contributed by atoms with E-state index in [4.69, 9.17) is 4.74 Å². The van der Waals surface area contributed by atoms with Crippen LogP contribution in [0.4, 0.5) is 5.82 Å². The molecule has 2 heterocycles. The van der Waals surface area contributed by atoms with E-state index in [1.54, 1.807) is 36.7 Å². The first-order valence-corrected chi connectivity index (χ1v) is 10.9. The Bertz CT molecular complexity index is 1140. The van der Waals surface area contributed by atoms with Crippen molar-refractivity contribution in [3.8, 4) is 11.6 Å². The lowest BCUT2D eigenvalue weighted by molar-refractivity contribution is 0.103. The van der Waals surface area contributed by atoms with Gasteiger partial charge >= 0.3 is 0 Å². The smallest absolute Gasteiger partial charge is 0.263 e. The van der Waals surface area contributed by atoms with E-state index in [-0.39, 0.29) is 12.4 Å². The Kier molecular flexibility index (Phi) is 6.49. The van der Waals surface area contributed by atoms with Crippen molar-refractivity contribution in [1.82, 2.24) is 15.0 Å². The molecule has 0 saturated heterocycles. The van der Waals surface area contributed by atoms with Crippen molar-refractivity contribution in [3.05, 3.63) is 71.5 Å². The molecule has 2 aromatic carbocycles. The first kappa shape index (κ1) is 20.9. The molecule has 0 aliphatic rings. The molecule has 158 valence electrons. The van der Waals surface area contributed by atoms with Gasteiger partial charge < -0.3 is 14.7 Å². The van der Waals surface area contributed by atoms with Crippen LogP contribution in [0.3, 0.4) is 0 Å². The molecule has 0 bridgehead atoms. The van der Waals surface area contributed by atoms with Crippen molar-refractivity contribution < 1.29 is 14.6 Å². The van der Waals surface area contributed by atoms with Crippen LogP contribution >= 0.6 is 11.3 Å². The minimum Gasteiger partial charge on any atom is -0.436 e. The molecule has 4 aromatic rings. The number of carbonyl (C=O) groups is 1. The highest BCUT2D eigenvalue weighted by molar-refractivity contribution is 7.20. The largest absolute Gasteiger partial charge is 0.436 e. The monoisotopic (exact) mass is 434 g/mol. The second kappa shape index (κ2) is 9.63. The molecule has 0 radical (unpaired) electrons. The maximum Gasteiger partial charge on any atom is 0.263 e. The third kappa shape index (κ3) is 4.70. The number of rotatable bonds is 9. The fourth-order valence-corrected chi connectivity index (χ4v) is 4.13. The van der Waals surface area contributed by atoms with Gasteiger partial charge in [0, 0.05) is 31.0 Å². The molecule has 4 rings (SSSR count). The maximum atomic E-state index is 12.8. The van der Waals surface area contributed by atoms with Crippen LogP contribution in [0, 0.1) is 0 Å². The lowest BCUT2D eigenvalue weighted by Crippen LogP contribution is -2.28. The summed E-state index contributed by atoms with van der Waals surface area (Å²) in [5.41, 5.74) is 1.36. The Hall–Kier alpha value is -3.36. The van der Waals surface area contributed by atoms with Gasteiger partial charge in [-0.15, -0.1) is 11.3 Å². The van der Waals surface area contributed by atoms with Crippen LogP contribution in [0.1, 0.15) is 28.7 Å². The minimum absolute atomic E-state index is 0.0125. The van der Waals surface area contributed by atoms with Crippen molar-refractivity contribution in [2.24, 2.45) is 0 Å². The quantitative estimate of drug-likeness (QED) is 0.393. The molecule has 0 unspecified atom stereocenters. The predicted molar refractivity (Wildman–Crippen MR) is 121 cm³/mol. The number of anilines is 1. The average molecular weight is 435 g/mol. The number of ketones is 1. The number of ether oxygens (including phenoxy) is 1. The summed E-state index contributed by atoms with van der Waals surface area (Å²) in [5, 5.41) is 9.82. The molecule has 0 saturated carbocycles. The Labute approximate surface area is 184 Å². The summed E-state index contributed by atoms with van der Waals surface area (Å²) in [5.74, 6) is 1.36. The summed E-state index contributed by atoms with van der Waals surface area (Å²) < 4.78 is 6.94. The molecule has 0 aliphatic heterocycles. The Balaban J connectivity index is 1.53. The highest BCUT2D eigenvalue weighted by atomic mass is 32.1. The lowest BCUT2D eigenvalue weighted by Gasteiger charge is -2.23. The molecule has 0 spiro atoms. The number of para-hydroxylation sites is 1. The zero-order chi connectivity index (χ0) is 21.6. The number of nitrogens with zero attached hydrogens (tertiary/aromatic N) is 4. The van der Waals surface area contributed by atoms with Gasteiger partial charge in [-0.05, 0) is 42.8 Å². The van der Waals surface area contributed by atoms with Crippen molar-refractivity contribution >= 4 is 33.2 Å². The number of aliphatic hydroxyl groups excluding tert-OH is 1. The molecular formula is C23H22N4O3S. The minimum atomic E-state index is -0.120. The Morgan fingerprint density at radius 2 is 1.84 bits per heavy atom. The molecule has 1 N–H and O–H groups in total. The summed E-state index contributed by atoms with van der Waals surface area (Å²) in [6.45, 7) is 3.24. The topological polar surface area (TPSA) is 88.4 Å². The Morgan fingerprint density at radius 3 is 2.58 bits per heavy atom. The van der Waals surface area contributed by atoms with Crippen LogP contribution in [-0.2, 0) is 0 Å². The van der Waals surface area contributed by atoms with E-state index in [9.17, 15) is 9.90 Å². The number of aliphatic hydroxyl groups is 1. The zero-order valence-corrected chi connectivity index (χ0v) is 17.9. The fourth-order valence-electron chi connectivity index (χ4n) is 3.20. The molecule has 2 aromatic heterocycles. The number of thiazole rings is 1. The molecule has 0 atom stereocenters. The van der Waals surface area contributed by atoms with Crippen molar-refractivity contribution in [2.45, 2.75) is 13.3 Å². The van der Waals surface area contributed by atoms with Gasteiger partial charge in [0.05, 0.1) is 16.8 Å². The molecule has 0 fully saturated rings. The van der Waals surface area contributed by atoms with Crippen LogP contribution in [0.15, 0.2) is 60.9 Å². The van der Waals surface area contributed by atoms with Crippen molar-refractivity contribution in [1.29, 1.82) is 0 Å². The molecule has 31 heavy (non-hydrogen) atoms. The van der Waals surface area contributed by atoms with Crippen LogP contribution in [0.2, 0.25) is 0 Å². The highest BCUT2D eigenvalue weighted by Gasteiger charge is 2.17. The van der Waals surface area contributed by atoms with Gasteiger partial charge in [-0.1, -0.05) is 19.1 Å². The van der Waals surface area contributed by atoms with Gasteiger partial charge in [0.25, 0.3) is 5.88 Å². The molecule has 7 nitrogen and oxygen atoms in total. The second-order valence-electron chi connectivity index (χ2n) is 6.84. The van der Waals surface area contributed by atoms with Gasteiger partial charge in [0.15, 0.2) is 10.8 Å². The third-order valence-electron chi connectivity index (χ3n) is 4.63. The third-order valence-corrected chi connectivity index (χ3v) is 5.66. The van der Waals surface area contributed by atoms with Gasteiger partial charge in [-0.25, -0.2) is 15.0 Å². The van der Waals surface area contributed by atoms with Gasteiger partial charge in [-0.2, -0.15) is 0 Å². The van der Waals surface area contributed by atoms with E-state index in [0.29, 0.717) is 34.6 Å². The van der Waals surface area contributed by atoms with Crippen LogP contribution < -0.4 is 9.64 Å². The summed E-state index contributed by atoms with van der Waals surface area (Å²) >= 11 is 1.39. The molecule has 0 aliphatic carbocycles. The molecular weight excluding hydrogens is 412 g/mol. The van der Waals surface area contributed by atoms with Gasteiger partial charge in [0.2, 0.25) is 5.78 Å². The lowest BCUT2D eigenvalue weighted by atomic mass is 10.1. The normalized spacial score (nSPS) is 10.9. The summed E-state index contributed by atoms with van der Waals surface area (Å²) in [4.78, 5) is 27.9. The number of hydrogen-bond acceptors (Lipinski definition) is 8. The Morgan fingerprint density at radius 1 is 1.06 bits per heavy atom. The van der Waals surface area contributed by atoms with E-state index in [1.807, 2.05) is 29.2 Å². The first-order chi connectivity index (χ1) is 15.2. The maximum absolute atomic E-state index is 12.8. The van der Waals surface area contributed by atoms with E-state index >= 15 is 0 Å². The standard InChI is InChI=1S/C23H22N4O3S/c1-2-13-27(14-15-28)21-22(25-12-11-24-21)30-17-9-7-16(8-10-17)20(29)23-26-18-5-3-4-6-19(18)31-23/h3-12,28H,2,13-15H2,1H3. The number of fused-ring (bicyclic) bond motifs is 1. The molecule has 8 heteroatoms. The van der Waals surface area contributed by atoms with E-state index < -0.39 is 0 Å².